The van der Waals surface area contributed by atoms with Crippen molar-refractivity contribution in [2.24, 2.45) is 5.92 Å². The fraction of sp³-hybridized carbons (Fsp3) is 0.882. The highest BCUT2D eigenvalue weighted by Gasteiger charge is 2.38. The first-order valence-corrected chi connectivity index (χ1v) is 8.57. The number of rotatable bonds is 5. The maximum Gasteiger partial charge on any atom is 0.411 e. The van der Waals surface area contributed by atoms with Crippen LogP contribution in [0.15, 0.2) is 0 Å². The molecule has 1 saturated heterocycles. The molecule has 126 valence electrons. The van der Waals surface area contributed by atoms with E-state index >= 15 is 0 Å². The molecule has 1 atom stereocenters. The van der Waals surface area contributed by atoms with Gasteiger partial charge in [-0.3, -0.25) is 9.69 Å². The van der Waals surface area contributed by atoms with Crippen molar-refractivity contribution in [1.29, 1.82) is 0 Å². The van der Waals surface area contributed by atoms with Gasteiger partial charge in [0.25, 0.3) is 0 Å². The first-order valence-electron chi connectivity index (χ1n) is 8.57. The molecule has 0 N–H and O–H groups in total. The van der Waals surface area contributed by atoms with Gasteiger partial charge in [0.15, 0.2) is 0 Å². The van der Waals surface area contributed by atoms with E-state index in [4.69, 9.17) is 4.74 Å². The van der Waals surface area contributed by atoms with Crippen molar-refractivity contribution < 1.29 is 14.3 Å². The number of ether oxygens (including phenoxy) is 1. The number of carbonyl (C=O) groups excluding carboxylic acids is 2. The lowest BCUT2D eigenvalue weighted by Gasteiger charge is -2.41. The molecule has 1 saturated carbocycles. The number of hydrogen-bond donors (Lipinski definition) is 0. The van der Waals surface area contributed by atoms with Crippen molar-refractivity contribution in [2.75, 3.05) is 19.6 Å². The summed E-state index contributed by atoms with van der Waals surface area (Å²) in [6.07, 6.45) is 5.21. The Morgan fingerprint density at radius 3 is 2.55 bits per heavy atom. The van der Waals surface area contributed by atoms with Crippen LogP contribution in [0.3, 0.4) is 0 Å². The summed E-state index contributed by atoms with van der Waals surface area (Å²) in [4.78, 5) is 28.3. The second-order valence-corrected chi connectivity index (χ2v) is 7.65. The van der Waals surface area contributed by atoms with E-state index in [1.165, 1.54) is 12.8 Å². The zero-order chi connectivity index (χ0) is 16.3. The van der Waals surface area contributed by atoms with Gasteiger partial charge < -0.3 is 9.64 Å². The van der Waals surface area contributed by atoms with Crippen LogP contribution in [0.25, 0.3) is 0 Å². The van der Waals surface area contributed by atoms with E-state index in [1.807, 2.05) is 25.7 Å². The van der Waals surface area contributed by atoms with Crippen LogP contribution < -0.4 is 0 Å². The molecule has 5 nitrogen and oxygen atoms in total. The van der Waals surface area contributed by atoms with E-state index in [9.17, 15) is 9.59 Å². The van der Waals surface area contributed by atoms with Crippen molar-refractivity contribution in [3.05, 3.63) is 0 Å². The zero-order valence-corrected chi connectivity index (χ0v) is 14.4. The number of hydrogen-bond acceptors (Lipinski definition) is 3. The quantitative estimate of drug-likeness (QED) is 0.784. The van der Waals surface area contributed by atoms with Crippen molar-refractivity contribution in [3.63, 3.8) is 0 Å². The average Bonchev–Trinajstić information content (AvgIpc) is 3.21. The highest BCUT2D eigenvalue weighted by Crippen LogP contribution is 2.31. The Hall–Kier alpha value is -1.26. The SMILES string of the molecule is CCCCC1CN(CC2CC2)C(=O)CN1C(=O)OC(C)(C)C. The number of amides is 2. The third kappa shape index (κ3) is 4.89. The van der Waals surface area contributed by atoms with Gasteiger partial charge in [0.05, 0.1) is 6.04 Å². The fourth-order valence-electron chi connectivity index (χ4n) is 2.84. The molecule has 1 aliphatic heterocycles. The number of carbonyl (C=O) groups is 2. The highest BCUT2D eigenvalue weighted by atomic mass is 16.6. The minimum absolute atomic E-state index is 0.0607. The molecule has 0 spiro atoms. The molecule has 22 heavy (non-hydrogen) atoms. The topological polar surface area (TPSA) is 49.9 Å². The molecule has 1 aliphatic carbocycles. The predicted molar refractivity (Wildman–Crippen MR) is 85.6 cm³/mol. The lowest BCUT2D eigenvalue weighted by Crippen LogP contribution is -2.58. The molecule has 0 bridgehead atoms. The normalized spacial score (nSPS) is 22.9. The molecule has 2 rings (SSSR count). The Kier molecular flexibility index (Phi) is 5.35. The van der Waals surface area contributed by atoms with E-state index in [0.717, 1.165) is 25.8 Å². The predicted octanol–water partition coefficient (Wildman–Crippen LogP) is 3.03. The summed E-state index contributed by atoms with van der Waals surface area (Å²) in [6, 6.07) is 0.0891. The van der Waals surface area contributed by atoms with Gasteiger partial charge in [0, 0.05) is 13.1 Å². The largest absolute Gasteiger partial charge is 0.444 e. The van der Waals surface area contributed by atoms with Gasteiger partial charge in [-0.05, 0) is 46.0 Å². The summed E-state index contributed by atoms with van der Waals surface area (Å²) in [6.45, 7) is 9.41. The van der Waals surface area contributed by atoms with Crippen LogP contribution in [0.2, 0.25) is 0 Å². The first kappa shape index (κ1) is 17.1. The summed E-state index contributed by atoms with van der Waals surface area (Å²) in [5.41, 5.74) is -0.527. The lowest BCUT2D eigenvalue weighted by atomic mass is 10.0. The van der Waals surface area contributed by atoms with Gasteiger partial charge in [-0.25, -0.2) is 4.79 Å². The summed E-state index contributed by atoms with van der Waals surface area (Å²) in [7, 11) is 0. The molecular formula is C17H30N2O3. The second-order valence-electron chi connectivity index (χ2n) is 7.65. The van der Waals surface area contributed by atoms with E-state index in [2.05, 4.69) is 6.92 Å². The van der Waals surface area contributed by atoms with Gasteiger partial charge >= 0.3 is 6.09 Å². The number of nitrogens with zero attached hydrogens (tertiary/aromatic N) is 2. The molecule has 2 aliphatic rings. The average molecular weight is 310 g/mol. The highest BCUT2D eigenvalue weighted by molar-refractivity contribution is 5.84. The van der Waals surface area contributed by atoms with E-state index in [0.29, 0.717) is 12.5 Å². The Labute approximate surface area is 134 Å². The van der Waals surface area contributed by atoms with Crippen molar-refractivity contribution >= 4 is 12.0 Å². The van der Waals surface area contributed by atoms with Gasteiger partial charge in [-0.15, -0.1) is 0 Å². The lowest BCUT2D eigenvalue weighted by molar-refractivity contribution is -0.138. The van der Waals surface area contributed by atoms with Crippen LogP contribution in [0.4, 0.5) is 4.79 Å². The summed E-state index contributed by atoms with van der Waals surface area (Å²) >= 11 is 0. The smallest absolute Gasteiger partial charge is 0.411 e. The molecule has 2 amide bonds. The van der Waals surface area contributed by atoms with Gasteiger partial charge in [-0.1, -0.05) is 19.8 Å². The van der Waals surface area contributed by atoms with Crippen LogP contribution in [0.1, 0.15) is 59.8 Å². The van der Waals surface area contributed by atoms with E-state index in [-0.39, 0.29) is 24.6 Å². The van der Waals surface area contributed by atoms with Crippen molar-refractivity contribution in [1.82, 2.24) is 9.80 Å². The number of unbranched alkanes of at least 4 members (excludes halogenated alkanes) is 1. The minimum Gasteiger partial charge on any atom is -0.444 e. The van der Waals surface area contributed by atoms with E-state index in [1.54, 1.807) is 4.90 Å². The molecule has 1 heterocycles. The molecule has 0 aromatic carbocycles. The van der Waals surface area contributed by atoms with Crippen LogP contribution in [-0.2, 0) is 9.53 Å². The Morgan fingerprint density at radius 2 is 2.00 bits per heavy atom. The molecule has 0 radical (unpaired) electrons. The van der Waals surface area contributed by atoms with Crippen LogP contribution >= 0.6 is 0 Å². The molecule has 1 unspecified atom stereocenters. The molecule has 0 aromatic heterocycles. The summed E-state index contributed by atoms with van der Waals surface area (Å²) in [5.74, 6) is 0.745. The number of piperazine rings is 1. The van der Waals surface area contributed by atoms with Crippen LogP contribution in [-0.4, -0.2) is 53.1 Å². The zero-order valence-electron chi connectivity index (χ0n) is 14.4. The molecule has 5 heteroatoms. The van der Waals surface area contributed by atoms with Gasteiger partial charge in [-0.2, -0.15) is 0 Å². The standard InChI is InChI=1S/C17H30N2O3/c1-5-6-7-14-11-18(10-13-8-9-13)15(20)12-19(14)16(21)22-17(2,3)4/h13-14H,5-12H2,1-4H3. The Balaban J connectivity index is 2.02. The maximum absolute atomic E-state index is 12.4. The van der Waals surface area contributed by atoms with Crippen molar-refractivity contribution in [3.8, 4) is 0 Å². The summed E-state index contributed by atoms with van der Waals surface area (Å²) < 4.78 is 5.48. The third-order valence-corrected chi connectivity index (χ3v) is 4.22. The van der Waals surface area contributed by atoms with Gasteiger partial charge in [0.2, 0.25) is 5.91 Å². The Bertz CT molecular complexity index is 413. The van der Waals surface area contributed by atoms with Crippen LogP contribution in [0, 0.1) is 5.92 Å². The van der Waals surface area contributed by atoms with Gasteiger partial charge in [0.1, 0.15) is 12.1 Å². The monoisotopic (exact) mass is 310 g/mol. The van der Waals surface area contributed by atoms with Crippen molar-refractivity contribution in [2.45, 2.75) is 71.4 Å². The van der Waals surface area contributed by atoms with E-state index < -0.39 is 5.60 Å². The Morgan fingerprint density at radius 1 is 1.32 bits per heavy atom. The third-order valence-electron chi connectivity index (χ3n) is 4.22. The molecule has 0 aromatic rings. The maximum atomic E-state index is 12.4. The minimum atomic E-state index is -0.527. The fourth-order valence-corrected chi connectivity index (χ4v) is 2.84. The second kappa shape index (κ2) is 6.88. The first-order chi connectivity index (χ1) is 10.3. The molecular weight excluding hydrogens is 280 g/mol. The molecule has 2 fully saturated rings. The van der Waals surface area contributed by atoms with Crippen LogP contribution in [0.5, 0.6) is 0 Å². The summed E-state index contributed by atoms with van der Waals surface area (Å²) in [5, 5.41) is 0.